The zero-order valence-electron chi connectivity index (χ0n) is 12.1. The maximum absolute atomic E-state index is 12.6. The molecule has 2 aliphatic rings. The van der Waals surface area contributed by atoms with Gasteiger partial charge in [-0.1, -0.05) is 0 Å². The molecule has 2 saturated heterocycles. The molecule has 1 unspecified atom stereocenters. The van der Waals surface area contributed by atoms with Crippen molar-refractivity contribution >= 4 is 12.0 Å². The normalized spacial score (nSPS) is 24.7. The molecule has 120 valence electrons. The van der Waals surface area contributed by atoms with Gasteiger partial charge >= 0.3 is 12.0 Å². The number of aliphatic hydroxyl groups excluding tert-OH is 1. The van der Waals surface area contributed by atoms with Gasteiger partial charge in [-0.2, -0.15) is 0 Å². The predicted molar refractivity (Wildman–Crippen MR) is 74.1 cm³/mol. The third kappa shape index (κ3) is 4.05. The smallest absolute Gasteiger partial charge is 0.328 e. The number of urea groups is 1. The van der Waals surface area contributed by atoms with Crippen LogP contribution in [0.4, 0.5) is 4.79 Å². The van der Waals surface area contributed by atoms with E-state index in [0.29, 0.717) is 39.3 Å². The fourth-order valence-corrected chi connectivity index (χ4v) is 2.75. The summed E-state index contributed by atoms with van der Waals surface area (Å²) in [5.74, 6) is -1.03. The highest BCUT2D eigenvalue weighted by atomic mass is 16.5. The van der Waals surface area contributed by atoms with Crippen LogP contribution in [0.25, 0.3) is 0 Å². The SMILES string of the molecule is O=C(O)C1COCCN1C(=O)N1CCCN(CCO)CC1. The van der Waals surface area contributed by atoms with Gasteiger partial charge in [0.05, 0.1) is 19.8 Å². The van der Waals surface area contributed by atoms with Crippen LogP contribution in [0.15, 0.2) is 0 Å². The van der Waals surface area contributed by atoms with Crippen LogP contribution in [-0.2, 0) is 9.53 Å². The number of hydrogen-bond donors (Lipinski definition) is 2. The number of rotatable bonds is 3. The van der Waals surface area contributed by atoms with Gasteiger partial charge in [-0.3, -0.25) is 4.90 Å². The molecule has 8 nitrogen and oxygen atoms in total. The minimum absolute atomic E-state index is 0.0472. The van der Waals surface area contributed by atoms with Gasteiger partial charge in [0, 0.05) is 32.7 Å². The van der Waals surface area contributed by atoms with Gasteiger partial charge in [0.1, 0.15) is 0 Å². The molecule has 2 fully saturated rings. The summed E-state index contributed by atoms with van der Waals surface area (Å²) in [6, 6.07) is -1.13. The molecular weight excluding hydrogens is 278 g/mol. The summed E-state index contributed by atoms with van der Waals surface area (Å²) >= 11 is 0. The number of carbonyl (C=O) groups excluding carboxylic acids is 1. The van der Waals surface area contributed by atoms with Crippen molar-refractivity contribution in [3.63, 3.8) is 0 Å². The van der Waals surface area contributed by atoms with E-state index in [1.165, 1.54) is 4.90 Å². The van der Waals surface area contributed by atoms with Crippen LogP contribution >= 0.6 is 0 Å². The Morgan fingerprint density at radius 1 is 1.14 bits per heavy atom. The predicted octanol–water partition coefficient (Wildman–Crippen LogP) is -1.11. The van der Waals surface area contributed by atoms with E-state index in [-0.39, 0.29) is 19.2 Å². The Kier molecular flexibility index (Phi) is 5.77. The molecule has 2 aliphatic heterocycles. The first-order chi connectivity index (χ1) is 10.1. The molecule has 2 amide bonds. The largest absolute Gasteiger partial charge is 0.480 e. The molecule has 2 heterocycles. The van der Waals surface area contributed by atoms with Crippen molar-refractivity contribution in [3.8, 4) is 0 Å². The summed E-state index contributed by atoms with van der Waals surface area (Å²) in [4.78, 5) is 29.0. The fourth-order valence-electron chi connectivity index (χ4n) is 2.75. The second-order valence-corrected chi connectivity index (χ2v) is 5.31. The number of carboxylic acids is 1. The van der Waals surface area contributed by atoms with Crippen LogP contribution in [-0.4, -0.2) is 102 Å². The Balaban J connectivity index is 1.96. The first-order valence-electron chi connectivity index (χ1n) is 7.33. The third-order valence-corrected chi connectivity index (χ3v) is 3.93. The summed E-state index contributed by atoms with van der Waals surface area (Å²) in [5, 5.41) is 18.2. The lowest BCUT2D eigenvalue weighted by Crippen LogP contribution is -2.57. The number of aliphatic carboxylic acids is 1. The highest BCUT2D eigenvalue weighted by Gasteiger charge is 2.35. The number of aliphatic hydroxyl groups is 1. The Morgan fingerprint density at radius 3 is 2.67 bits per heavy atom. The highest BCUT2D eigenvalue weighted by molar-refractivity contribution is 5.83. The molecular formula is C13H23N3O5. The summed E-state index contributed by atoms with van der Waals surface area (Å²) < 4.78 is 5.16. The van der Waals surface area contributed by atoms with Crippen molar-refractivity contribution in [2.24, 2.45) is 0 Å². The Morgan fingerprint density at radius 2 is 1.95 bits per heavy atom. The van der Waals surface area contributed by atoms with Crippen LogP contribution in [0.3, 0.4) is 0 Å². The molecule has 0 aromatic rings. The molecule has 0 aromatic heterocycles. The number of carbonyl (C=O) groups is 2. The highest BCUT2D eigenvalue weighted by Crippen LogP contribution is 2.13. The van der Waals surface area contributed by atoms with Crippen molar-refractivity contribution in [2.75, 3.05) is 59.1 Å². The maximum Gasteiger partial charge on any atom is 0.328 e. The number of hydrogen-bond acceptors (Lipinski definition) is 5. The van der Waals surface area contributed by atoms with Gasteiger partial charge < -0.3 is 24.7 Å². The second-order valence-electron chi connectivity index (χ2n) is 5.31. The van der Waals surface area contributed by atoms with Gasteiger partial charge in [-0.05, 0) is 13.0 Å². The molecule has 2 rings (SSSR count). The molecule has 8 heteroatoms. The molecule has 0 saturated carbocycles. The average Bonchev–Trinajstić information content (AvgIpc) is 2.72. The standard InChI is InChI=1S/C13H23N3O5/c17-8-6-14-2-1-3-15(5-4-14)13(20)16-7-9-21-10-11(16)12(18)19/h11,17H,1-10H2,(H,18,19). The van der Waals surface area contributed by atoms with E-state index in [1.54, 1.807) is 4.90 Å². The molecule has 0 radical (unpaired) electrons. The van der Waals surface area contributed by atoms with Crippen LogP contribution < -0.4 is 0 Å². The molecule has 2 N–H and O–H groups in total. The molecule has 1 atom stereocenters. The zero-order valence-corrected chi connectivity index (χ0v) is 12.1. The van der Waals surface area contributed by atoms with E-state index in [2.05, 4.69) is 4.90 Å². The van der Waals surface area contributed by atoms with Crippen molar-refractivity contribution < 1.29 is 24.5 Å². The summed E-state index contributed by atoms with van der Waals surface area (Å²) in [7, 11) is 0. The molecule has 21 heavy (non-hydrogen) atoms. The molecule has 0 spiro atoms. The lowest BCUT2D eigenvalue weighted by molar-refractivity contribution is -0.147. The van der Waals surface area contributed by atoms with Crippen molar-refractivity contribution in [3.05, 3.63) is 0 Å². The molecule has 0 aromatic carbocycles. The van der Waals surface area contributed by atoms with E-state index in [9.17, 15) is 14.7 Å². The minimum Gasteiger partial charge on any atom is -0.480 e. The number of ether oxygens (including phenoxy) is 1. The Bertz CT molecular complexity index is 379. The van der Waals surface area contributed by atoms with Crippen LogP contribution in [0.1, 0.15) is 6.42 Å². The second kappa shape index (κ2) is 7.58. The van der Waals surface area contributed by atoms with E-state index in [4.69, 9.17) is 9.84 Å². The number of carboxylic acid groups (broad SMARTS) is 1. The summed E-state index contributed by atoms with van der Waals surface area (Å²) in [5.41, 5.74) is 0. The Hall–Kier alpha value is -1.38. The van der Waals surface area contributed by atoms with Crippen LogP contribution in [0.5, 0.6) is 0 Å². The molecule has 0 aliphatic carbocycles. The first kappa shape index (κ1) is 16.0. The van der Waals surface area contributed by atoms with Gasteiger partial charge in [0.2, 0.25) is 0 Å². The van der Waals surface area contributed by atoms with Gasteiger partial charge in [-0.15, -0.1) is 0 Å². The van der Waals surface area contributed by atoms with Gasteiger partial charge in [-0.25, -0.2) is 9.59 Å². The van der Waals surface area contributed by atoms with Gasteiger partial charge in [0.25, 0.3) is 0 Å². The van der Waals surface area contributed by atoms with E-state index in [1.807, 2.05) is 0 Å². The fraction of sp³-hybridized carbons (Fsp3) is 0.846. The maximum atomic E-state index is 12.6. The number of nitrogens with zero attached hydrogens (tertiary/aromatic N) is 3. The molecule has 0 bridgehead atoms. The average molecular weight is 301 g/mol. The lowest BCUT2D eigenvalue weighted by atomic mass is 10.2. The van der Waals surface area contributed by atoms with E-state index in [0.717, 1.165) is 13.0 Å². The topological polar surface area (TPSA) is 93.5 Å². The van der Waals surface area contributed by atoms with Crippen LogP contribution in [0.2, 0.25) is 0 Å². The quantitative estimate of drug-likeness (QED) is 0.687. The van der Waals surface area contributed by atoms with Crippen LogP contribution in [0, 0.1) is 0 Å². The van der Waals surface area contributed by atoms with Gasteiger partial charge in [0.15, 0.2) is 6.04 Å². The van der Waals surface area contributed by atoms with Crippen molar-refractivity contribution in [1.82, 2.24) is 14.7 Å². The summed E-state index contributed by atoms with van der Waals surface area (Å²) in [6.45, 7) is 4.17. The van der Waals surface area contributed by atoms with E-state index >= 15 is 0 Å². The Labute approximate surface area is 123 Å². The zero-order chi connectivity index (χ0) is 15.2. The first-order valence-corrected chi connectivity index (χ1v) is 7.33. The number of β-amino-alcohol motifs (C(OH)–C–C–N with tert-alkyl or cyclic N) is 1. The summed E-state index contributed by atoms with van der Waals surface area (Å²) in [6.07, 6.45) is 0.827. The lowest BCUT2D eigenvalue weighted by Gasteiger charge is -2.36. The van der Waals surface area contributed by atoms with E-state index < -0.39 is 12.0 Å². The third-order valence-electron chi connectivity index (χ3n) is 3.93. The minimum atomic E-state index is -1.03. The van der Waals surface area contributed by atoms with Crippen molar-refractivity contribution in [2.45, 2.75) is 12.5 Å². The van der Waals surface area contributed by atoms with Crippen molar-refractivity contribution in [1.29, 1.82) is 0 Å². The number of morpholine rings is 1. The monoisotopic (exact) mass is 301 g/mol. The number of amides is 2.